The van der Waals surface area contributed by atoms with Crippen LogP contribution in [0.5, 0.6) is 0 Å². The second-order valence-electron chi connectivity index (χ2n) is 4.27. The number of rotatable bonds is 5. The van der Waals surface area contributed by atoms with Crippen LogP contribution in [0.3, 0.4) is 0 Å². The van der Waals surface area contributed by atoms with Crippen molar-refractivity contribution in [3.8, 4) is 0 Å². The van der Waals surface area contributed by atoms with Crippen LogP contribution in [0.15, 0.2) is 30.5 Å². The zero-order valence-electron chi connectivity index (χ0n) is 10.8. The summed E-state index contributed by atoms with van der Waals surface area (Å²) in [5.74, 6) is -0.0251. The SMILES string of the molecule is COCCCNC(=O)c1cccc2c1ccn2C. The van der Waals surface area contributed by atoms with Crippen molar-refractivity contribution in [2.75, 3.05) is 20.3 Å². The number of methoxy groups -OCH3 is 1. The Balaban J connectivity index is 2.13. The van der Waals surface area contributed by atoms with Gasteiger partial charge in [0.15, 0.2) is 0 Å². The summed E-state index contributed by atoms with van der Waals surface area (Å²) >= 11 is 0. The van der Waals surface area contributed by atoms with Gasteiger partial charge in [-0.15, -0.1) is 0 Å². The lowest BCUT2D eigenvalue weighted by atomic mass is 10.1. The molecule has 0 bridgehead atoms. The number of carbonyl (C=O) groups is 1. The molecule has 1 heterocycles. The van der Waals surface area contributed by atoms with E-state index in [2.05, 4.69) is 5.32 Å². The van der Waals surface area contributed by atoms with Crippen LogP contribution in [0.25, 0.3) is 10.9 Å². The molecule has 1 aromatic carbocycles. The molecule has 4 heteroatoms. The summed E-state index contributed by atoms with van der Waals surface area (Å²) < 4.78 is 6.96. The van der Waals surface area contributed by atoms with Crippen LogP contribution in [0.2, 0.25) is 0 Å². The fourth-order valence-electron chi connectivity index (χ4n) is 2.01. The predicted molar refractivity (Wildman–Crippen MR) is 71.7 cm³/mol. The minimum Gasteiger partial charge on any atom is -0.385 e. The van der Waals surface area contributed by atoms with Crippen molar-refractivity contribution in [1.29, 1.82) is 0 Å². The Morgan fingerprint density at radius 1 is 1.39 bits per heavy atom. The number of aryl methyl sites for hydroxylation is 1. The van der Waals surface area contributed by atoms with E-state index in [1.54, 1.807) is 7.11 Å². The number of amides is 1. The first-order chi connectivity index (χ1) is 8.74. The Kier molecular flexibility index (Phi) is 3.99. The molecule has 96 valence electrons. The summed E-state index contributed by atoms with van der Waals surface area (Å²) in [5.41, 5.74) is 1.80. The lowest BCUT2D eigenvalue weighted by Crippen LogP contribution is -2.25. The quantitative estimate of drug-likeness (QED) is 0.819. The summed E-state index contributed by atoms with van der Waals surface area (Å²) in [6.45, 7) is 1.30. The fourth-order valence-corrected chi connectivity index (χ4v) is 2.01. The van der Waals surface area contributed by atoms with Gasteiger partial charge in [0.25, 0.3) is 5.91 Å². The van der Waals surface area contributed by atoms with Crippen molar-refractivity contribution < 1.29 is 9.53 Å². The van der Waals surface area contributed by atoms with Gasteiger partial charge < -0.3 is 14.6 Å². The largest absolute Gasteiger partial charge is 0.385 e. The monoisotopic (exact) mass is 246 g/mol. The molecular formula is C14H18N2O2. The number of hydrogen-bond acceptors (Lipinski definition) is 2. The van der Waals surface area contributed by atoms with E-state index in [0.29, 0.717) is 13.2 Å². The number of aromatic nitrogens is 1. The minimum atomic E-state index is -0.0251. The molecule has 0 aliphatic heterocycles. The van der Waals surface area contributed by atoms with E-state index in [-0.39, 0.29) is 5.91 Å². The molecule has 2 aromatic rings. The van der Waals surface area contributed by atoms with E-state index in [1.807, 2.05) is 42.1 Å². The molecule has 0 saturated carbocycles. The highest BCUT2D eigenvalue weighted by atomic mass is 16.5. The van der Waals surface area contributed by atoms with Crippen molar-refractivity contribution in [3.05, 3.63) is 36.0 Å². The van der Waals surface area contributed by atoms with Crippen molar-refractivity contribution in [1.82, 2.24) is 9.88 Å². The van der Waals surface area contributed by atoms with E-state index in [9.17, 15) is 4.79 Å². The number of fused-ring (bicyclic) bond motifs is 1. The Hall–Kier alpha value is -1.81. The lowest BCUT2D eigenvalue weighted by molar-refractivity contribution is 0.0950. The second kappa shape index (κ2) is 5.69. The summed E-state index contributed by atoms with van der Waals surface area (Å²) in [6, 6.07) is 7.75. The molecule has 1 amide bonds. The van der Waals surface area contributed by atoms with Crippen LogP contribution in [0.1, 0.15) is 16.8 Å². The first-order valence-corrected chi connectivity index (χ1v) is 6.05. The van der Waals surface area contributed by atoms with Gasteiger partial charge in [-0.1, -0.05) is 6.07 Å². The molecule has 18 heavy (non-hydrogen) atoms. The number of benzene rings is 1. The van der Waals surface area contributed by atoms with Crippen LogP contribution in [-0.4, -0.2) is 30.7 Å². The molecule has 0 fully saturated rings. The summed E-state index contributed by atoms with van der Waals surface area (Å²) in [4.78, 5) is 12.1. The van der Waals surface area contributed by atoms with Gasteiger partial charge in [0.1, 0.15) is 0 Å². The average molecular weight is 246 g/mol. The topological polar surface area (TPSA) is 43.3 Å². The van der Waals surface area contributed by atoms with Gasteiger partial charge in [-0.05, 0) is 24.6 Å². The third kappa shape index (κ3) is 2.54. The maximum atomic E-state index is 12.1. The number of ether oxygens (including phenoxy) is 1. The fraction of sp³-hybridized carbons (Fsp3) is 0.357. The number of nitrogens with zero attached hydrogens (tertiary/aromatic N) is 1. The Morgan fingerprint density at radius 2 is 2.22 bits per heavy atom. The Bertz CT molecular complexity index is 546. The van der Waals surface area contributed by atoms with E-state index in [4.69, 9.17) is 4.74 Å². The van der Waals surface area contributed by atoms with Crippen molar-refractivity contribution in [2.45, 2.75) is 6.42 Å². The van der Waals surface area contributed by atoms with E-state index in [0.717, 1.165) is 22.9 Å². The molecule has 0 aliphatic rings. The maximum Gasteiger partial charge on any atom is 0.251 e. The van der Waals surface area contributed by atoms with Gasteiger partial charge in [0.05, 0.1) is 0 Å². The second-order valence-corrected chi connectivity index (χ2v) is 4.27. The van der Waals surface area contributed by atoms with Crippen LogP contribution >= 0.6 is 0 Å². The van der Waals surface area contributed by atoms with Gasteiger partial charge in [-0.25, -0.2) is 0 Å². The predicted octanol–water partition coefficient (Wildman–Crippen LogP) is 1.94. The van der Waals surface area contributed by atoms with Gasteiger partial charge in [-0.2, -0.15) is 0 Å². The smallest absolute Gasteiger partial charge is 0.251 e. The highest BCUT2D eigenvalue weighted by Gasteiger charge is 2.10. The molecule has 0 spiro atoms. The zero-order chi connectivity index (χ0) is 13.0. The minimum absolute atomic E-state index is 0.0251. The molecule has 1 aromatic heterocycles. The number of carbonyl (C=O) groups excluding carboxylic acids is 1. The standard InChI is InChI=1S/C14H18N2O2/c1-16-9-7-11-12(5-3-6-13(11)16)14(17)15-8-4-10-18-2/h3,5-7,9H,4,8,10H2,1-2H3,(H,15,17). The molecule has 0 radical (unpaired) electrons. The van der Waals surface area contributed by atoms with Gasteiger partial charge in [0.2, 0.25) is 0 Å². The van der Waals surface area contributed by atoms with Gasteiger partial charge in [-0.3, -0.25) is 4.79 Å². The van der Waals surface area contributed by atoms with E-state index in [1.165, 1.54) is 0 Å². The van der Waals surface area contributed by atoms with E-state index < -0.39 is 0 Å². The Morgan fingerprint density at radius 3 is 3.00 bits per heavy atom. The average Bonchev–Trinajstić information content (AvgIpc) is 2.76. The first kappa shape index (κ1) is 12.6. The van der Waals surface area contributed by atoms with Crippen LogP contribution in [0, 0.1) is 0 Å². The zero-order valence-corrected chi connectivity index (χ0v) is 10.8. The summed E-state index contributed by atoms with van der Waals surface area (Å²) in [5, 5.41) is 3.90. The van der Waals surface area contributed by atoms with Gasteiger partial charge >= 0.3 is 0 Å². The highest BCUT2D eigenvalue weighted by molar-refractivity contribution is 6.06. The van der Waals surface area contributed by atoms with Crippen molar-refractivity contribution in [3.63, 3.8) is 0 Å². The molecular weight excluding hydrogens is 228 g/mol. The molecule has 0 aliphatic carbocycles. The third-order valence-corrected chi connectivity index (χ3v) is 2.98. The van der Waals surface area contributed by atoms with Crippen molar-refractivity contribution >= 4 is 16.8 Å². The first-order valence-electron chi connectivity index (χ1n) is 6.05. The molecule has 2 rings (SSSR count). The Labute approximate surface area is 107 Å². The molecule has 0 atom stereocenters. The normalized spacial score (nSPS) is 10.8. The molecule has 0 unspecified atom stereocenters. The summed E-state index contributed by atoms with van der Waals surface area (Å²) in [7, 11) is 3.63. The number of hydrogen-bond donors (Lipinski definition) is 1. The molecule has 0 saturated heterocycles. The van der Waals surface area contributed by atoms with Crippen LogP contribution in [-0.2, 0) is 11.8 Å². The van der Waals surface area contributed by atoms with Gasteiger partial charge in [0, 0.05) is 50.0 Å². The van der Waals surface area contributed by atoms with Crippen molar-refractivity contribution in [2.24, 2.45) is 7.05 Å². The molecule has 1 N–H and O–H groups in total. The third-order valence-electron chi connectivity index (χ3n) is 2.98. The van der Waals surface area contributed by atoms with Crippen LogP contribution < -0.4 is 5.32 Å². The molecule has 4 nitrogen and oxygen atoms in total. The number of nitrogens with one attached hydrogen (secondary N) is 1. The lowest BCUT2D eigenvalue weighted by Gasteiger charge is -2.06. The highest BCUT2D eigenvalue weighted by Crippen LogP contribution is 2.19. The maximum absolute atomic E-state index is 12.1. The van der Waals surface area contributed by atoms with E-state index >= 15 is 0 Å². The van der Waals surface area contributed by atoms with Crippen LogP contribution in [0.4, 0.5) is 0 Å². The summed E-state index contributed by atoms with van der Waals surface area (Å²) in [6.07, 6.45) is 2.79.